The van der Waals surface area contributed by atoms with Crippen molar-refractivity contribution in [3.63, 3.8) is 0 Å². The van der Waals surface area contributed by atoms with Crippen LogP contribution in [0.1, 0.15) is 61.3 Å². The summed E-state index contributed by atoms with van der Waals surface area (Å²) in [7, 11) is 0. The lowest BCUT2D eigenvalue weighted by Gasteiger charge is -2.29. The minimum atomic E-state index is 0.0845. The van der Waals surface area contributed by atoms with Gasteiger partial charge in [-0.15, -0.1) is 10.2 Å². The molecule has 140 valence electrons. The highest BCUT2D eigenvalue weighted by atomic mass is 15.5. The van der Waals surface area contributed by atoms with Gasteiger partial charge in [0.2, 0.25) is 0 Å². The van der Waals surface area contributed by atoms with Crippen LogP contribution in [-0.2, 0) is 0 Å². The van der Waals surface area contributed by atoms with E-state index in [4.69, 9.17) is 0 Å². The van der Waals surface area contributed by atoms with Gasteiger partial charge in [0.1, 0.15) is 11.0 Å². The van der Waals surface area contributed by atoms with Crippen LogP contribution in [0.15, 0.2) is 53.6 Å². The molecule has 0 unspecified atom stereocenters. The Balaban J connectivity index is 2.43. The molecule has 2 aromatic rings. The summed E-state index contributed by atoms with van der Waals surface area (Å²) in [5.41, 5.74) is 4.75. The number of aromatic nitrogens is 3. The van der Waals surface area contributed by atoms with Crippen LogP contribution in [0.25, 0.3) is 17.2 Å². The fourth-order valence-electron chi connectivity index (χ4n) is 2.80. The molecule has 0 amide bonds. The van der Waals surface area contributed by atoms with E-state index in [9.17, 15) is 0 Å². The van der Waals surface area contributed by atoms with Crippen molar-refractivity contribution < 1.29 is 0 Å². The van der Waals surface area contributed by atoms with Gasteiger partial charge in [0.25, 0.3) is 0 Å². The summed E-state index contributed by atoms with van der Waals surface area (Å²) < 4.78 is 0. The van der Waals surface area contributed by atoms with Gasteiger partial charge in [0.15, 0.2) is 0 Å². The fourth-order valence-corrected chi connectivity index (χ4v) is 2.80. The van der Waals surface area contributed by atoms with Crippen LogP contribution < -0.4 is 0 Å². The minimum absolute atomic E-state index is 0.0845. The first-order valence-electron chi connectivity index (χ1n) is 9.62. The topological polar surface area (TPSA) is 30.7 Å². The Bertz CT molecular complexity index is 799. The molecule has 0 N–H and O–H groups in total. The predicted octanol–water partition coefficient (Wildman–Crippen LogP) is 6.65. The van der Waals surface area contributed by atoms with Gasteiger partial charge in [-0.2, -0.15) is 4.80 Å². The van der Waals surface area contributed by atoms with E-state index in [0.29, 0.717) is 0 Å². The summed E-state index contributed by atoms with van der Waals surface area (Å²) in [6.07, 6.45) is 10.9. The van der Waals surface area contributed by atoms with Crippen molar-refractivity contribution in [2.75, 3.05) is 0 Å². The molecule has 1 aromatic carbocycles. The number of fused-ring (bicyclic) bond motifs is 1. The number of nitrogens with zero attached hydrogens (tertiary/aromatic N) is 3. The van der Waals surface area contributed by atoms with E-state index in [1.807, 2.05) is 30.5 Å². The van der Waals surface area contributed by atoms with Gasteiger partial charge >= 0.3 is 0 Å². The number of hydrogen-bond donors (Lipinski definition) is 0. The molecule has 0 bridgehead atoms. The largest absolute Gasteiger partial charge is 0.158 e. The second-order valence-electron chi connectivity index (χ2n) is 8.14. The molecule has 0 saturated heterocycles. The third kappa shape index (κ3) is 4.51. The zero-order valence-electron chi connectivity index (χ0n) is 17.4. The molecule has 26 heavy (non-hydrogen) atoms. The lowest BCUT2D eigenvalue weighted by atomic mass is 9.76. The number of hydrogen-bond acceptors (Lipinski definition) is 2. The second kappa shape index (κ2) is 8.03. The maximum absolute atomic E-state index is 4.53. The van der Waals surface area contributed by atoms with Gasteiger partial charge in [-0.05, 0) is 60.0 Å². The Hall–Kier alpha value is -2.16. The summed E-state index contributed by atoms with van der Waals surface area (Å²) in [4.78, 5) is 1.67. The lowest BCUT2D eigenvalue weighted by molar-refractivity contribution is 0.423. The first-order valence-corrected chi connectivity index (χ1v) is 9.62. The van der Waals surface area contributed by atoms with E-state index >= 15 is 0 Å². The lowest BCUT2D eigenvalue weighted by Crippen LogP contribution is -2.16. The molecular weight excluding hydrogens is 318 g/mol. The van der Waals surface area contributed by atoms with Crippen LogP contribution in [0.3, 0.4) is 0 Å². The van der Waals surface area contributed by atoms with Gasteiger partial charge in [0.05, 0.1) is 0 Å². The maximum Gasteiger partial charge on any atom is 0.113 e. The van der Waals surface area contributed by atoms with E-state index in [1.165, 1.54) is 11.1 Å². The highest BCUT2D eigenvalue weighted by Gasteiger charge is 2.23. The molecule has 0 aliphatic carbocycles. The zero-order valence-corrected chi connectivity index (χ0v) is 17.4. The van der Waals surface area contributed by atoms with E-state index in [-0.39, 0.29) is 10.8 Å². The van der Waals surface area contributed by atoms with Gasteiger partial charge in [-0.1, -0.05) is 65.8 Å². The Morgan fingerprint density at radius 3 is 1.88 bits per heavy atom. The molecule has 1 aromatic heterocycles. The van der Waals surface area contributed by atoms with Crippen LogP contribution in [0.4, 0.5) is 0 Å². The number of benzene rings is 1. The highest BCUT2D eigenvalue weighted by Crippen LogP contribution is 2.37. The van der Waals surface area contributed by atoms with Crippen molar-refractivity contribution in [3.8, 4) is 0 Å². The normalized spacial score (nSPS) is 14.6. The minimum Gasteiger partial charge on any atom is -0.158 e. The van der Waals surface area contributed by atoms with Crippen LogP contribution >= 0.6 is 0 Å². The van der Waals surface area contributed by atoms with E-state index in [1.54, 1.807) is 4.80 Å². The van der Waals surface area contributed by atoms with Crippen LogP contribution in [0.2, 0.25) is 0 Å². The first-order chi connectivity index (χ1) is 12.2. The Labute approximate surface area is 158 Å². The molecule has 3 nitrogen and oxygen atoms in total. The Kier molecular flexibility index (Phi) is 6.22. The van der Waals surface area contributed by atoms with Gasteiger partial charge in [-0.25, -0.2) is 0 Å². The molecule has 0 fully saturated rings. The van der Waals surface area contributed by atoms with E-state index in [2.05, 4.69) is 76.9 Å². The van der Waals surface area contributed by atoms with Crippen molar-refractivity contribution >= 4 is 17.2 Å². The first kappa shape index (κ1) is 20.2. The summed E-state index contributed by atoms with van der Waals surface area (Å²) in [5.74, 6) is 0. The molecule has 2 rings (SSSR count). The van der Waals surface area contributed by atoms with Gasteiger partial charge in [-0.3, -0.25) is 0 Å². The zero-order chi connectivity index (χ0) is 19.4. The molecule has 3 heteroatoms. The average molecular weight is 352 g/mol. The molecular formula is C23H33N3. The average Bonchev–Trinajstić information content (AvgIpc) is 3.04. The second-order valence-corrected chi connectivity index (χ2v) is 8.14. The highest BCUT2D eigenvalue weighted by molar-refractivity contribution is 5.73. The number of rotatable bonds is 7. The molecule has 0 saturated carbocycles. The molecule has 0 aliphatic rings. The van der Waals surface area contributed by atoms with Gasteiger partial charge in [0, 0.05) is 6.20 Å². The van der Waals surface area contributed by atoms with E-state index in [0.717, 1.165) is 23.9 Å². The SMILES string of the molecule is C\C=C(/C=C(\C=C\n1nc2ccccc2n1)C(C)(C)CC)C(C)(C)CC. The Morgan fingerprint density at radius 2 is 1.42 bits per heavy atom. The fraction of sp³-hybridized carbons (Fsp3) is 0.478. The van der Waals surface area contributed by atoms with Crippen molar-refractivity contribution in [2.45, 2.75) is 61.3 Å². The van der Waals surface area contributed by atoms with Crippen LogP contribution in [0, 0.1) is 10.8 Å². The van der Waals surface area contributed by atoms with Crippen molar-refractivity contribution in [3.05, 3.63) is 53.6 Å². The smallest absolute Gasteiger partial charge is 0.113 e. The molecule has 0 spiro atoms. The third-order valence-corrected chi connectivity index (χ3v) is 5.64. The predicted molar refractivity (Wildman–Crippen MR) is 113 cm³/mol. The monoisotopic (exact) mass is 351 g/mol. The molecule has 0 radical (unpaired) electrons. The molecule has 0 atom stereocenters. The summed E-state index contributed by atoms with van der Waals surface area (Å²) >= 11 is 0. The van der Waals surface area contributed by atoms with Crippen LogP contribution in [0.5, 0.6) is 0 Å². The maximum atomic E-state index is 4.53. The molecule has 0 aliphatic heterocycles. The third-order valence-electron chi connectivity index (χ3n) is 5.64. The van der Waals surface area contributed by atoms with Crippen molar-refractivity contribution in [1.82, 2.24) is 15.0 Å². The standard InChI is InChI=1S/C23H33N3/c1-8-18(22(4,5)9-2)17-19(23(6,7)10-3)15-16-26-24-20-13-11-12-14-21(20)25-26/h8,11-17H,9-10H2,1-7H3/b16-15+,18-8+,19-17+. The van der Waals surface area contributed by atoms with Crippen molar-refractivity contribution in [2.24, 2.45) is 10.8 Å². The van der Waals surface area contributed by atoms with Crippen LogP contribution in [-0.4, -0.2) is 15.0 Å². The van der Waals surface area contributed by atoms with Crippen molar-refractivity contribution in [1.29, 1.82) is 0 Å². The molecule has 1 heterocycles. The summed E-state index contributed by atoms with van der Waals surface area (Å²) in [6, 6.07) is 7.95. The van der Waals surface area contributed by atoms with Gasteiger partial charge < -0.3 is 0 Å². The summed E-state index contributed by atoms with van der Waals surface area (Å²) in [6.45, 7) is 15.8. The van der Waals surface area contributed by atoms with E-state index < -0.39 is 0 Å². The Morgan fingerprint density at radius 1 is 0.923 bits per heavy atom. The number of allylic oxidation sites excluding steroid dienone is 5. The quantitative estimate of drug-likeness (QED) is 0.523. The summed E-state index contributed by atoms with van der Waals surface area (Å²) in [5, 5.41) is 9.07.